The smallest absolute Gasteiger partial charge is 0.378 e. The Bertz CT molecular complexity index is 1260. The van der Waals surface area contributed by atoms with Gasteiger partial charge in [-0.25, -0.2) is 4.68 Å². The molecule has 1 aliphatic heterocycles. The first kappa shape index (κ1) is 23.8. The fraction of sp³-hybridized carbons (Fsp3) is 0.261. The number of alkyl halides is 3. The minimum absolute atomic E-state index is 0.0822. The second kappa shape index (κ2) is 9.11. The van der Waals surface area contributed by atoms with Crippen LogP contribution in [0.4, 0.5) is 24.7 Å². The van der Waals surface area contributed by atoms with E-state index in [0.29, 0.717) is 17.1 Å². The zero-order chi connectivity index (χ0) is 24.6. The highest BCUT2D eigenvalue weighted by atomic mass is 35.5. The quantitative estimate of drug-likeness (QED) is 0.495. The average Bonchev–Trinajstić information content (AvgIpc) is 3.25. The first-order chi connectivity index (χ1) is 16.1. The zero-order valence-electron chi connectivity index (χ0n) is 18.2. The summed E-state index contributed by atoms with van der Waals surface area (Å²) in [6.07, 6.45) is -5.00. The maximum Gasteiger partial charge on any atom is 0.417 e. The van der Waals surface area contributed by atoms with Crippen molar-refractivity contribution in [2.24, 2.45) is 0 Å². The summed E-state index contributed by atoms with van der Waals surface area (Å²) >= 11 is 5.62. The van der Waals surface area contributed by atoms with Crippen LogP contribution in [0.5, 0.6) is 0 Å². The van der Waals surface area contributed by atoms with E-state index in [1.54, 1.807) is 0 Å². The first-order valence-electron chi connectivity index (χ1n) is 10.2. The molecule has 2 heterocycles. The lowest BCUT2D eigenvalue weighted by Gasteiger charge is -2.13. The third-order valence-electron chi connectivity index (χ3n) is 5.38. The maximum atomic E-state index is 13.1. The Morgan fingerprint density at radius 3 is 2.59 bits per heavy atom. The van der Waals surface area contributed by atoms with E-state index in [1.807, 2.05) is 31.2 Å². The van der Waals surface area contributed by atoms with Crippen LogP contribution in [0, 0.1) is 6.92 Å². The number of hydrogen-bond donors (Lipinski definition) is 2. The molecule has 1 aliphatic rings. The molecule has 178 valence electrons. The molecule has 4 rings (SSSR count). The number of aromatic nitrogens is 2. The number of carbonyl (C=O) groups is 2. The standard InChI is InChI=1S/C23H20ClF3N4O3/c1-12-3-5-13(6-4-12)20-17(11-34-2)30-31-18(22(33)29-21(20)31)10-19(32)28-14-7-8-16(24)15(9-14)23(25,26)27/h3-9,18H,10-11H2,1-2H3,(H,28,32)(H,29,33). The minimum Gasteiger partial charge on any atom is -0.378 e. The van der Waals surface area contributed by atoms with Crippen LogP contribution >= 0.6 is 11.6 Å². The molecule has 0 saturated carbocycles. The van der Waals surface area contributed by atoms with Crippen LogP contribution in [0.15, 0.2) is 42.5 Å². The van der Waals surface area contributed by atoms with Crippen LogP contribution in [0.2, 0.25) is 5.02 Å². The second-order valence-electron chi connectivity index (χ2n) is 7.86. The van der Waals surface area contributed by atoms with Gasteiger partial charge in [-0.05, 0) is 30.7 Å². The lowest BCUT2D eigenvalue weighted by Crippen LogP contribution is -2.24. The van der Waals surface area contributed by atoms with Crippen LogP contribution in [0.3, 0.4) is 0 Å². The van der Waals surface area contributed by atoms with Crippen molar-refractivity contribution in [3.8, 4) is 11.1 Å². The van der Waals surface area contributed by atoms with Crippen molar-refractivity contribution >= 4 is 34.9 Å². The van der Waals surface area contributed by atoms with E-state index in [-0.39, 0.29) is 18.7 Å². The van der Waals surface area contributed by atoms with Gasteiger partial charge in [0.15, 0.2) is 0 Å². The van der Waals surface area contributed by atoms with E-state index in [2.05, 4.69) is 15.7 Å². The normalized spacial score (nSPS) is 15.2. The molecule has 1 unspecified atom stereocenters. The summed E-state index contributed by atoms with van der Waals surface area (Å²) in [6, 6.07) is 9.75. The molecule has 0 spiro atoms. The average molecular weight is 493 g/mol. The van der Waals surface area contributed by atoms with Crippen molar-refractivity contribution in [3.63, 3.8) is 0 Å². The number of halogens is 4. The molecule has 1 atom stereocenters. The van der Waals surface area contributed by atoms with Crippen LogP contribution in [-0.4, -0.2) is 28.7 Å². The fourth-order valence-electron chi connectivity index (χ4n) is 3.79. The molecular weight excluding hydrogens is 473 g/mol. The molecule has 0 fully saturated rings. The van der Waals surface area contributed by atoms with Gasteiger partial charge in [0.2, 0.25) is 5.91 Å². The van der Waals surface area contributed by atoms with Gasteiger partial charge in [-0.2, -0.15) is 18.3 Å². The molecule has 0 bridgehead atoms. The monoisotopic (exact) mass is 492 g/mol. The summed E-state index contributed by atoms with van der Waals surface area (Å²) in [6.45, 7) is 2.14. The summed E-state index contributed by atoms with van der Waals surface area (Å²) in [4.78, 5) is 25.3. The highest BCUT2D eigenvalue weighted by Crippen LogP contribution is 2.39. The Morgan fingerprint density at radius 2 is 1.94 bits per heavy atom. The minimum atomic E-state index is -4.67. The fourth-order valence-corrected chi connectivity index (χ4v) is 4.01. The van der Waals surface area contributed by atoms with E-state index in [0.717, 1.165) is 23.3 Å². The number of carbonyl (C=O) groups excluding carboxylic acids is 2. The van der Waals surface area contributed by atoms with Gasteiger partial charge >= 0.3 is 6.18 Å². The van der Waals surface area contributed by atoms with Gasteiger partial charge < -0.3 is 15.4 Å². The number of anilines is 2. The number of benzene rings is 2. The summed E-state index contributed by atoms with van der Waals surface area (Å²) in [7, 11) is 1.52. The number of nitrogens with zero attached hydrogens (tertiary/aromatic N) is 2. The number of methoxy groups -OCH3 is 1. The van der Waals surface area contributed by atoms with Gasteiger partial charge in [0, 0.05) is 18.4 Å². The summed E-state index contributed by atoms with van der Waals surface area (Å²) in [5, 5.41) is 9.19. The number of ether oxygens (including phenoxy) is 1. The van der Waals surface area contributed by atoms with Gasteiger partial charge in [-0.3, -0.25) is 9.59 Å². The van der Waals surface area contributed by atoms with Gasteiger partial charge in [0.25, 0.3) is 5.91 Å². The van der Waals surface area contributed by atoms with E-state index in [9.17, 15) is 22.8 Å². The predicted octanol–water partition coefficient (Wildman–Crippen LogP) is 5.20. The van der Waals surface area contributed by atoms with E-state index in [1.165, 1.54) is 17.9 Å². The van der Waals surface area contributed by atoms with Crippen LogP contribution in [0.1, 0.15) is 29.3 Å². The third-order valence-corrected chi connectivity index (χ3v) is 5.71. The van der Waals surface area contributed by atoms with Gasteiger partial charge in [-0.15, -0.1) is 0 Å². The van der Waals surface area contributed by atoms with Crippen molar-refractivity contribution < 1.29 is 27.5 Å². The van der Waals surface area contributed by atoms with Crippen molar-refractivity contribution in [2.75, 3.05) is 17.7 Å². The van der Waals surface area contributed by atoms with Crippen LogP contribution in [-0.2, 0) is 27.1 Å². The molecule has 0 aliphatic carbocycles. The van der Waals surface area contributed by atoms with Gasteiger partial charge in [0.1, 0.15) is 11.9 Å². The number of amides is 2. The van der Waals surface area contributed by atoms with Crippen LogP contribution < -0.4 is 10.6 Å². The Balaban J connectivity index is 1.59. The number of fused-ring (bicyclic) bond motifs is 1. The maximum absolute atomic E-state index is 13.1. The Kier molecular flexibility index (Phi) is 6.37. The topological polar surface area (TPSA) is 85.2 Å². The first-order valence-corrected chi connectivity index (χ1v) is 10.6. The highest BCUT2D eigenvalue weighted by Gasteiger charge is 2.37. The van der Waals surface area contributed by atoms with Crippen molar-refractivity contribution in [1.29, 1.82) is 0 Å². The van der Waals surface area contributed by atoms with Crippen molar-refractivity contribution in [1.82, 2.24) is 9.78 Å². The second-order valence-corrected chi connectivity index (χ2v) is 8.27. The predicted molar refractivity (Wildman–Crippen MR) is 120 cm³/mol. The molecule has 0 saturated heterocycles. The van der Waals surface area contributed by atoms with Crippen molar-refractivity contribution in [2.45, 2.75) is 32.2 Å². The van der Waals surface area contributed by atoms with Crippen LogP contribution in [0.25, 0.3) is 11.1 Å². The van der Waals surface area contributed by atoms with Crippen molar-refractivity contribution in [3.05, 3.63) is 64.3 Å². The number of rotatable bonds is 6. The van der Waals surface area contributed by atoms with E-state index < -0.39 is 34.6 Å². The molecule has 11 heteroatoms. The molecule has 2 amide bonds. The van der Waals surface area contributed by atoms with E-state index in [4.69, 9.17) is 16.3 Å². The SMILES string of the molecule is COCc1nn2c(c1-c1ccc(C)cc1)NC(=O)C2CC(=O)Nc1ccc(Cl)c(C(F)(F)F)c1. The Morgan fingerprint density at radius 1 is 1.24 bits per heavy atom. The molecule has 7 nitrogen and oxygen atoms in total. The number of aryl methyl sites for hydroxylation is 1. The Labute approximate surface area is 197 Å². The van der Waals surface area contributed by atoms with Gasteiger partial charge in [-0.1, -0.05) is 41.4 Å². The molecular formula is C23H20ClF3N4O3. The lowest BCUT2D eigenvalue weighted by atomic mass is 10.0. The molecule has 3 aromatic rings. The largest absolute Gasteiger partial charge is 0.417 e. The van der Waals surface area contributed by atoms with Gasteiger partial charge in [0.05, 0.1) is 29.3 Å². The number of nitrogens with one attached hydrogen (secondary N) is 2. The highest BCUT2D eigenvalue weighted by molar-refractivity contribution is 6.31. The molecule has 0 radical (unpaired) electrons. The summed E-state index contributed by atoms with van der Waals surface area (Å²) in [5.74, 6) is -0.657. The summed E-state index contributed by atoms with van der Waals surface area (Å²) in [5.41, 5.74) is 2.01. The lowest BCUT2D eigenvalue weighted by molar-refractivity contribution is -0.137. The molecule has 34 heavy (non-hydrogen) atoms. The molecule has 2 aromatic carbocycles. The molecule has 1 aromatic heterocycles. The van der Waals surface area contributed by atoms with E-state index >= 15 is 0 Å². The summed E-state index contributed by atoms with van der Waals surface area (Å²) < 4.78 is 46.0. The Hall–Kier alpha value is -3.37. The molecule has 2 N–H and O–H groups in total. The zero-order valence-corrected chi connectivity index (χ0v) is 18.9. The third kappa shape index (κ3) is 4.64. The number of hydrogen-bond acceptors (Lipinski definition) is 4.